The summed E-state index contributed by atoms with van der Waals surface area (Å²) in [6.07, 6.45) is 4.93. The van der Waals surface area contributed by atoms with Gasteiger partial charge in [0.25, 0.3) is 0 Å². The van der Waals surface area contributed by atoms with E-state index in [1.165, 1.54) is 5.56 Å². The maximum Gasteiger partial charge on any atom is 0.220 e. The second-order valence-corrected chi connectivity index (χ2v) is 6.44. The summed E-state index contributed by atoms with van der Waals surface area (Å²) in [5, 5.41) is 11.8. The standard InChI is InChI=1S/C20H25N5O/c1-16-19(14-21-20(26)10-6-12-24-13-7-11-22-24)17(2)25(23-16)15-18-8-4-3-5-9-18/h3-5,7-9,11,13H,6,10,12,14-15H2,1-2H3,(H,21,26). The normalized spacial score (nSPS) is 10.8. The van der Waals surface area contributed by atoms with Crippen LogP contribution >= 0.6 is 0 Å². The Morgan fingerprint density at radius 2 is 1.96 bits per heavy atom. The molecule has 26 heavy (non-hydrogen) atoms. The van der Waals surface area contributed by atoms with Crippen LogP contribution in [0.1, 0.15) is 35.4 Å². The first-order valence-corrected chi connectivity index (χ1v) is 8.94. The number of aryl methyl sites for hydroxylation is 2. The predicted octanol–water partition coefficient (Wildman–Crippen LogP) is 2.84. The summed E-state index contributed by atoms with van der Waals surface area (Å²) in [7, 11) is 0. The zero-order chi connectivity index (χ0) is 18.4. The second-order valence-electron chi connectivity index (χ2n) is 6.44. The Morgan fingerprint density at radius 1 is 1.15 bits per heavy atom. The SMILES string of the molecule is Cc1nn(Cc2ccccc2)c(C)c1CNC(=O)CCCn1cccn1. The molecule has 0 spiro atoms. The van der Waals surface area contributed by atoms with Gasteiger partial charge in [-0.3, -0.25) is 14.2 Å². The van der Waals surface area contributed by atoms with E-state index < -0.39 is 0 Å². The van der Waals surface area contributed by atoms with Crippen LogP contribution in [0.25, 0.3) is 0 Å². The van der Waals surface area contributed by atoms with E-state index in [9.17, 15) is 4.79 Å². The van der Waals surface area contributed by atoms with Gasteiger partial charge in [0.2, 0.25) is 5.91 Å². The van der Waals surface area contributed by atoms with Gasteiger partial charge in [-0.05, 0) is 31.9 Å². The van der Waals surface area contributed by atoms with Crippen LogP contribution in [0.4, 0.5) is 0 Å². The van der Waals surface area contributed by atoms with Gasteiger partial charge in [-0.2, -0.15) is 10.2 Å². The lowest BCUT2D eigenvalue weighted by Gasteiger charge is -2.08. The van der Waals surface area contributed by atoms with Crippen LogP contribution in [-0.4, -0.2) is 25.5 Å². The molecule has 0 radical (unpaired) electrons. The van der Waals surface area contributed by atoms with E-state index in [2.05, 4.69) is 34.6 Å². The van der Waals surface area contributed by atoms with Crippen LogP contribution in [0.5, 0.6) is 0 Å². The second kappa shape index (κ2) is 8.47. The largest absolute Gasteiger partial charge is 0.352 e. The number of nitrogens with zero attached hydrogens (tertiary/aromatic N) is 4. The lowest BCUT2D eigenvalue weighted by molar-refractivity contribution is -0.121. The lowest BCUT2D eigenvalue weighted by Crippen LogP contribution is -2.23. The van der Waals surface area contributed by atoms with E-state index in [0.717, 1.165) is 36.5 Å². The number of nitrogens with one attached hydrogen (secondary N) is 1. The number of hydrogen-bond donors (Lipinski definition) is 1. The van der Waals surface area contributed by atoms with Crippen molar-refractivity contribution in [2.75, 3.05) is 0 Å². The third-order valence-electron chi connectivity index (χ3n) is 4.52. The van der Waals surface area contributed by atoms with Crippen molar-refractivity contribution in [1.82, 2.24) is 24.9 Å². The fourth-order valence-electron chi connectivity index (χ4n) is 3.01. The quantitative estimate of drug-likeness (QED) is 0.679. The summed E-state index contributed by atoms with van der Waals surface area (Å²) < 4.78 is 3.85. The van der Waals surface area contributed by atoms with Gasteiger partial charge < -0.3 is 5.32 Å². The number of hydrogen-bond acceptors (Lipinski definition) is 3. The molecule has 6 heteroatoms. The van der Waals surface area contributed by atoms with Crippen LogP contribution in [0.2, 0.25) is 0 Å². The third-order valence-corrected chi connectivity index (χ3v) is 4.52. The molecule has 0 aliphatic carbocycles. The summed E-state index contributed by atoms with van der Waals surface area (Å²) in [6.45, 7) is 6.07. The van der Waals surface area contributed by atoms with E-state index >= 15 is 0 Å². The number of amides is 1. The molecule has 1 aromatic carbocycles. The van der Waals surface area contributed by atoms with Gasteiger partial charge in [0.05, 0.1) is 12.2 Å². The van der Waals surface area contributed by atoms with Crippen molar-refractivity contribution in [2.24, 2.45) is 0 Å². The minimum atomic E-state index is 0.0618. The van der Waals surface area contributed by atoms with E-state index in [1.54, 1.807) is 6.20 Å². The summed E-state index contributed by atoms with van der Waals surface area (Å²) in [5.74, 6) is 0.0618. The number of benzene rings is 1. The molecule has 0 aliphatic heterocycles. The smallest absolute Gasteiger partial charge is 0.220 e. The number of aromatic nitrogens is 4. The Kier molecular flexibility index (Phi) is 5.84. The maximum absolute atomic E-state index is 12.1. The molecule has 1 amide bonds. The predicted molar refractivity (Wildman–Crippen MR) is 101 cm³/mol. The van der Waals surface area contributed by atoms with Crippen molar-refractivity contribution in [1.29, 1.82) is 0 Å². The molecule has 3 rings (SSSR count). The molecule has 1 N–H and O–H groups in total. The molecule has 0 saturated carbocycles. The zero-order valence-corrected chi connectivity index (χ0v) is 15.4. The molecule has 0 atom stereocenters. The summed E-state index contributed by atoms with van der Waals surface area (Å²) in [6, 6.07) is 12.2. The van der Waals surface area contributed by atoms with Crippen molar-refractivity contribution in [3.05, 3.63) is 71.3 Å². The average Bonchev–Trinajstić information content (AvgIpc) is 3.23. The topological polar surface area (TPSA) is 64.7 Å². The fraction of sp³-hybridized carbons (Fsp3) is 0.350. The van der Waals surface area contributed by atoms with E-state index in [0.29, 0.717) is 13.0 Å². The molecular formula is C20H25N5O. The van der Waals surface area contributed by atoms with Crippen molar-refractivity contribution in [3.8, 4) is 0 Å². The molecule has 136 valence electrons. The molecule has 0 fully saturated rings. The summed E-state index contributed by atoms with van der Waals surface area (Å²) in [4.78, 5) is 12.1. The average molecular weight is 351 g/mol. The minimum Gasteiger partial charge on any atom is -0.352 e. The highest BCUT2D eigenvalue weighted by molar-refractivity contribution is 5.75. The Bertz CT molecular complexity index is 837. The molecular weight excluding hydrogens is 326 g/mol. The van der Waals surface area contributed by atoms with E-state index in [4.69, 9.17) is 0 Å². The van der Waals surface area contributed by atoms with E-state index in [1.807, 2.05) is 46.7 Å². The monoisotopic (exact) mass is 351 g/mol. The molecule has 0 aliphatic rings. The minimum absolute atomic E-state index is 0.0618. The van der Waals surface area contributed by atoms with Crippen LogP contribution < -0.4 is 5.32 Å². The van der Waals surface area contributed by atoms with Gasteiger partial charge >= 0.3 is 0 Å². The van der Waals surface area contributed by atoms with Crippen molar-refractivity contribution < 1.29 is 4.79 Å². The lowest BCUT2D eigenvalue weighted by atomic mass is 10.2. The highest BCUT2D eigenvalue weighted by Crippen LogP contribution is 2.14. The molecule has 0 bridgehead atoms. The first-order valence-electron chi connectivity index (χ1n) is 8.94. The highest BCUT2D eigenvalue weighted by Gasteiger charge is 2.12. The number of carbonyl (C=O) groups excluding carboxylic acids is 1. The molecule has 0 unspecified atom stereocenters. The number of carbonyl (C=O) groups is 1. The van der Waals surface area contributed by atoms with E-state index in [-0.39, 0.29) is 5.91 Å². The molecule has 6 nitrogen and oxygen atoms in total. The molecule has 0 saturated heterocycles. The van der Waals surface area contributed by atoms with Gasteiger partial charge in [0, 0.05) is 43.2 Å². The Labute approximate surface area is 153 Å². The van der Waals surface area contributed by atoms with Crippen LogP contribution in [0.3, 0.4) is 0 Å². The van der Waals surface area contributed by atoms with Gasteiger partial charge in [0.15, 0.2) is 0 Å². The summed E-state index contributed by atoms with van der Waals surface area (Å²) >= 11 is 0. The van der Waals surface area contributed by atoms with Crippen molar-refractivity contribution in [3.63, 3.8) is 0 Å². The Morgan fingerprint density at radius 3 is 2.69 bits per heavy atom. The third kappa shape index (κ3) is 4.59. The van der Waals surface area contributed by atoms with Crippen LogP contribution in [-0.2, 0) is 24.4 Å². The molecule has 3 aromatic rings. The maximum atomic E-state index is 12.1. The van der Waals surface area contributed by atoms with Crippen molar-refractivity contribution >= 4 is 5.91 Å². The van der Waals surface area contributed by atoms with Gasteiger partial charge in [0.1, 0.15) is 0 Å². The van der Waals surface area contributed by atoms with Crippen LogP contribution in [0, 0.1) is 13.8 Å². The number of rotatable bonds is 8. The Hall–Kier alpha value is -2.89. The van der Waals surface area contributed by atoms with Crippen molar-refractivity contribution in [2.45, 2.75) is 46.3 Å². The first-order chi connectivity index (χ1) is 12.6. The molecule has 2 aromatic heterocycles. The van der Waals surface area contributed by atoms with Crippen LogP contribution in [0.15, 0.2) is 48.8 Å². The fourth-order valence-corrected chi connectivity index (χ4v) is 3.01. The highest BCUT2D eigenvalue weighted by atomic mass is 16.1. The zero-order valence-electron chi connectivity index (χ0n) is 15.4. The summed E-state index contributed by atoms with van der Waals surface area (Å²) in [5.41, 5.74) is 4.38. The molecule has 2 heterocycles. The first kappa shape index (κ1) is 17.9. The Balaban J connectivity index is 1.52. The van der Waals surface area contributed by atoms with Gasteiger partial charge in [-0.1, -0.05) is 30.3 Å². The van der Waals surface area contributed by atoms with Gasteiger partial charge in [-0.15, -0.1) is 0 Å². The van der Waals surface area contributed by atoms with Gasteiger partial charge in [-0.25, -0.2) is 0 Å².